The minimum Gasteiger partial charge on any atom is -0.483 e. The number of aromatic nitrogens is 2. The molecule has 0 spiro atoms. The van der Waals surface area contributed by atoms with Crippen molar-refractivity contribution in [2.75, 3.05) is 5.32 Å². The number of anilines is 1. The maximum Gasteiger partial charge on any atom is 0.255 e. The van der Waals surface area contributed by atoms with Crippen LogP contribution in [0, 0.1) is 29.1 Å². The fraction of sp³-hybridized carbons (Fsp3) is 0.0833. The van der Waals surface area contributed by atoms with E-state index in [-0.39, 0.29) is 28.8 Å². The Morgan fingerprint density at radius 2 is 1.66 bits per heavy atom. The van der Waals surface area contributed by atoms with Gasteiger partial charge in [0, 0.05) is 28.4 Å². The molecule has 1 amide bonds. The molecule has 180 valence electrons. The summed E-state index contributed by atoms with van der Waals surface area (Å²) in [5.74, 6) is -8.56. The monoisotopic (exact) mass is 507 g/mol. The normalized spacial score (nSPS) is 10.9. The van der Waals surface area contributed by atoms with Gasteiger partial charge < -0.3 is 10.1 Å². The first kappa shape index (κ1) is 24.2. The summed E-state index contributed by atoms with van der Waals surface area (Å²) in [6, 6.07) is 10.2. The maximum absolute atomic E-state index is 14.0. The number of hydrogen-bond acceptors (Lipinski definition) is 3. The molecule has 4 aromatic rings. The number of nitrogens with zero attached hydrogens (tertiary/aromatic N) is 2. The summed E-state index contributed by atoms with van der Waals surface area (Å²) in [6.45, 7) is -0.337. The van der Waals surface area contributed by atoms with E-state index in [1.54, 1.807) is 6.07 Å². The second-order valence-electron chi connectivity index (χ2n) is 7.36. The molecular formula is C24H15ClF5N3O2. The van der Waals surface area contributed by atoms with Crippen molar-refractivity contribution < 1.29 is 31.5 Å². The van der Waals surface area contributed by atoms with E-state index in [2.05, 4.69) is 10.4 Å². The lowest BCUT2D eigenvalue weighted by atomic mass is 10.1. The molecule has 0 aliphatic rings. The van der Waals surface area contributed by atoms with Crippen LogP contribution < -0.4 is 10.1 Å². The van der Waals surface area contributed by atoms with Crippen LogP contribution >= 0.6 is 11.6 Å². The average molecular weight is 508 g/mol. The third-order valence-corrected chi connectivity index (χ3v) is 5.30. The largest absolute Gasteiger partial charge is 0.483 e. The minimum absolute atomic E-state index is 0.0620. The van der Waals surface area contributed by atoms with E-state index in [1.807, 2.05) is 0 Å². The van der Waals surface area contributed by atoms with Crippen molar-refractivity contribution in [1.29, 1.82) is 0 Å². The van der Waals surface area contributed by atoms with E-state index in [1.165, 1.54) is 53.5 Å². The number of benzene rings is 3. The Morgan fingerprint density at radius 1 is 0.971 bits per heavy atom. The van der Waals surface area contributed by atoms with Gasteiger partial charge in [0.1, 0.15) is 12.4 Å². The van der Waals surface area contributed by atoms with Gasteiger partial charge in [0.15, 0.2) is 17.4 Å². The van der Waals surface area contributed by atoms with Crippen LogP contribution in [0.2, 0.25) is 5.02 Å². The van der Waals surface area contributed by atoms with Crippen molar-refractivity contribution in [1.82, 2.24) is 9.78 Å². The Morgan fingerprint density at radius 3 is 2.31 bits per heavy atom. The number of carbonyl (C=O) groups is 1. The molecule has 5 nitrogen and oxygen atoms in total. The van der Waals surface area contributed by atoms with E-state index in [4.69, 9.17) is 16.3 Å². The lowest BCUT2D eigenvalue weighted by molar-refractivity contribution is 0.102. The zero-order valence-corrected chi connectivity index (χ0v) is 18.4. The summed E-state index contributed by atoms with van der Waals surface area (Å²) in [5.41, 5.74) is 1.25. The van der Waals surface area contributed by atoms with Crippen LogP contribution in [0.3, 0.4) is 0 Å². The first-order valence-corrected chi connectivity index (χ1v) is 10.4. The molecule has 0 fully saturated rings. The molecule has 0 saturated carbocycles. The molecule has 0 saturated heterocycles. The van der Waals surface area contributed by atoms with Gasteiger partial charge >= 0.3 is 0 Å². The zero-order chi connectivity index (χ0) is 25.1. The number of rotatable bonds is 7. The SMILES string of the molecule is O=C(Nc1cnn(Cc2c(F)cccc2Cl)c1)c1ccc(COc2c(F)c(F)cc(F)c2F)cc1. The molecule has 0 bridgehead atoms. The van der Waals surface area contributed by atoms with Gasteiger partial charge in [-0.2, -0.15) is 13.9 Å². The summed E-state index contributed by atoms with van der Waals surface area (Å²) in [7, 11) is 0. The predicted molar refractivity (Wildman–Crippen MR) is 118 cm³/mol. The first-order chi connectivity index (χ1) is 16.7. The second kappa shape index (κ2) is 10.1. The fourth-order valence-electron chi connectivity index (χ4n) is 3.15. The Labute approximate surface area is 200 Å². The molecule has 4 rings (SSSR count). The number of amides is 1. The fourth-order valence-corrected chi connectivity index (χ4v) is 3.37. The maximum atomic E-state index is 14.0. The smallest absolute Gasteiger partial charge is 0.255 e. The molecule has 0 aliphatic heterocycles. The van der Waals surface area contributed by atoms with Crippen molar-refractivity contribution in [3.8, 4) is 5.75 Å². The third kappa shape index (κ3) is 5.43. The molecule has 0 aliphatic carbocycles. The van der Waals surface area contributed by atoms with E-state index < -0.39 is 47.3 Å². The van der Waals surface area contributed by atoms with Gasteiger partial charge in [-0.05, 0) is 29.8 Å². The molecule has 1 aromatic heterocycles. The molecule has 1 heterocycles. The molecular weight excluding hydrogens is 493 g/mol. The third-order valence-electron chi connectivity index (χ3n) is 4.94. The standard InChI is InChI=1S/C24H15ClF5N3O2/c25-17-2-1-3-18(26)16(17)11-33-10-15(9-31-33)32-24(34)14-6-4-13(5-7-14)12-35-23-21(29)19(27)8-20(28)22(23)30/h1-10H,11-12H2,(H,32,34). The van der Waals surface area contributed by atoms with Gasteiger partial charge in [0.2, 0.25) is 11.6 Å². The van der Waals surface area contributed by atoms with Crippen molar-refractivity contribution in [2.24, 2.45) is 0 Å². The average Bonchev–Trinajstić information content (AvgIpc) is 3.27. The lowest BCUT2D eigenvalue weighted by Gasteiger charge is -2.10. The van der Waals surface area contributed by atoms with Crippen molar-refractivity contribution in [2.45, 2.75) is 13.2 Å². The Balaban J connectivity index is 1.38. The summed E-state index contributed by atoms with van der Waals surface area (Å²) in [6.07, 6.45) is 2.89. The summed E-state index contributed by atoms with van der Waals surface area (Å²) >= 11 is 6.02. The van der Waals surface area contributed by atoms with Gasteiger partial charge in [-0.1, -0.05) is 29.8 Å². The highest BCUT2D eigenvalue weighted by Gasteiger charge is 2.20. The van der Waals surface area contributed by atoms with E-state index in [0.29, 0.717) is 11.3 Å². The van der Waals surface area contributed by atoms with Crippen LogP contribution in [0.5, 0.6) is 5.75 Å². The highest BCUT2D eigenvalue weighted by molar-refractivity contribution is 6.31. The van der Waals surface area contributed by atoms with E-state index in [9.17, 15) is 26.7 Å². The molecule has 0 unspecified atom stereocenters. The first-order valence-electron chi connectivity index (χ1n) is 10.0. The summed E-state index contributed by atoms with van der Waals surface area (Å²) < 4.78 is 74.2. The van der Waals surface area contributed by atoms with E-state index in [0.717, 1.165) is 0 Å². The molecule has 0 atom stereocenters. The quantitative estimate of drug-likeness (QED) is 0.242. The Hall–Kier alpha value is -3.92. The minimum atomic E-state index is -1.64. The van der Waals surface area contributed by atoms with Crippen LogP contribution in [0.4, 0.5) is 27.6 Å². The van der Waals surface area contributed by atoms with Crippen LogP contribution in [-0.2, 0) is 13.2 Å². The highest BCUT2D eigenvalue weighted by atomic mass is 35.5. The number of hydrogen-bond donors (Lipinski definition) is 1. The van der Waals surface area contributed by atoms with Crippen LogP contribution in [-0.4, -0.2) is 15.7 Å². The Bertz CT molecular complexity index is 1350. The molecule has 1 N–H and O–H groups in total. The van der Waals surface area contributed by atoms with Gasteiger partial charge in [-0.25, -0.2) is 13.2 Å². The zero-order valence-electron chi connectivity index (χ0n) is 17.7. The molecule has 35 heavy (non-hydrogen) atoms. The second-order valence-corrected chi connectivity index (χ2v) is 7.77. The predicted octanol–water partition coefficient (Wildman–Crippen LogP) is 6.11. The van der Waals surface area contributed by atoms with Gasteiger partial charge in [0.05, 0.1) is 18.4 Å². The van der Waals surface area contributed by atoms with E-state index >= 15 is 0 Å². The van der Waals surface area contributed by atoms with Crippen LogP contribution in [0.25, 0.3) is 0 Å². The van der Waals surface area contributed by atoms with Gasteiger partial charge in [-0.15, -0.1) is 0 Å². The highest BCUT2D eigenvalue weighted by Crippen LogP contribution is 2.27. The van der Waals surface area contributed by atoms with Crippen molar-refractivity contribution in [3.05, 3.63) is 112 Å². The molecule has 3 aromatic carbocycles. The van der Waals surface area contributed by atoms with Crippen molar-refractivity contribution >= 4 is 23.2 Å². The van der Waals surface area contributed by atoms with Gasteiger partial charge in [0.25, 0.3) is 5.91 Å². The summed E-state index contributed by atoms with van der Waals surface area (Å²) in [5, 5.41) is 6.97. The Kier molecular flexibility index (Phi) is 7.02. The number of ether oxygens (including phenoxy) is 1. The number of nitrogens with one attached hydrogen (secondary N) is 1. The lowest BCUT2D eigenvalue weighted by Crippen LogP contribution is -2.11. The van der Waals surface area contributed by atoms with Crippen LogP contribution in [0.15, 0.2) is 60.9 Å². The molecule has 0 radical (unpaired) electrons. The van der Waals surface area contributed by atoms with Crippen molar-refractivity contribution in [3.63, 3.8) is 0 Å². The number of carbonyl (C=O) groups excluding carboxylic acids is 1. The number of halogens is 6. The van der Waals surface area contributed by atoms with Crippen LogP contribution in [0.1, 0.15) is 21.5 Å². The summed E-state index contributed by atoms with van der Waals surface area (Å²) in [4.78, 5) is 12.5. The molecule has 11 heteroatoms. The van der Waals surface area contributed by atoms with Gasteiger partial charge in [-0.3, -0.25) is 9.48 Å². The topological polar surface area (TPSA) is 56.2 Å².